The molecule has 0 saturated heterocycles. The van der Waals surface area contributed by atoms with Crippen LogP contribution in [0.5, 0.6) is 5.75 Å². The van der Waals surface area contributed by atoms with Crippen LogP contribution in [-0.4, -0.2) is 47.0 Å². The highest BCUT2D eigenvalue weighted by Gasteiger charge is 2.26. The highest BCUT2D eigenvalue weighted by Crippen LogP contribution is 2.30. The van der Waals surface area contributed by atoms with Crippen LogP contribution in [0.2, 0.25) is 0 Å². The maximum Gasteiger partial charge on any atom is 0.294 e. The summed E-state index contributed by atoms with van der Waals surface area (Å²) in [5, 5.41) is 42.6. The number of nitrogens with one attached hydrogen (secondary N) is 1. The molecule has 0 radical (unpaired) electrons. The number of benzene rings is 3. The number of nitrogen functional groups attached to an aromatic ring is 1. The van der Waals surface area contributed by atoms with Gasteiger partial charge in [-0.25, -0.2) is 10.1 Å². The Kier molecular flexibility index (Phi) is 5.73. The van der Waals surface area contributed by atoms with E-state index in [1.54, 1.807) is 25.1 Å². The highest BCUT2D eigenvalue weighted by atomic mass is 16.6. The summed E-state index contributed by atoms with van der Waals surface area (Å²) < 4.78 is 5.71. The van der Waals surface area contributed by atoms with E-state index in [2.05, 4.69) is 35.8 Å². The van der Waals surface area contributed by atoms with Gasteiger partial charge in [0.25, 0.3) is 11.6 Å². The Labute approximate surface area is 207 Å². The Balaban J connectivity index is 1.53. The van der Waals surface area contributed by atoms with Crippen molar-refractivity contribution >= 4 is 33.9 Å². The number of amides is 1. The Bertz CT molecular complexity index is 1710. The van der Waals surface area contributed by atoms with Gasteiger partial charge >= 0.3 is 0 Å². The number of hydrazone groups is 1. The van der Waals surface area contributed by atoms with Gasteiger partial charge < -0.3 is 10.8 Å². The first-order chi connectivity index (χ1) is 17.8. The van der Waals surface area contributed by atoms with Crippen LogP contribution in [0, 0.1) is 10.1 Å². The first-order valence-electron chi connectivity index (χ1n) is 10.7. The number of fused-ring (bicyclic) bond motifs is 1. The second-order valence-corrected chi connectivity index (χ2v) is 7.80. The average molecular weight is 499 g/mol. The molecule has 0 fully saturated rings. The molecule has 0 unspecified atom stereocenters. The topological polar surface area (TPSA) is 200 Å². The number of phenols is 1. The van der Waals surface area contributed by atoms with Crippen molar-refractivity contribution in [3.63, 3.8) is 0 Å². The number of phenolic OH excluding ortho intramolecular Hbond substituents is 1. The monoisotopic (exact) mass is 499 g/mol. The summed E-state index contributed by atoms with van der Waals surface area (Å²) in [6.45, 7) is 1.62. The molecule has 0 bridgehead atoms. The molecule has 2 aromatic heterocycles. The normalized spacial score (nSPS) is 11.5. The van der Waals surface area contributed by atoms with Crippen molar-refractivity contribution in [3.8, 4) is 22.8 Å². The number of nitro benzene ring substituents is 1. The third-order valence-electron chi connectivity index (χ3n) is 5.53. The molecule has 184 valence electrons. The van der Waals surface area contributed by atoms with Crippen molar-refractivity contribution in [3.05, 3.63) is 82.0 Å². The Morgan fingerprint density at radius 1 is 1.16 bits per heavy atom. The van der Waals surface area contributed by atoms with Gasteiger partial charge in [0.1, 0.15) is 11.4 Å². The fourth-order valence-corrected chi connectivity index (χ4v) is 3.74. The molecule has 5 aromatic rings. The molecule has 4 N–H and O–H groups in total. The summed E-state index contributed by atoms with van der Waals surface area (Å²) in [6, 6.07) is 16.3. The van der Waals surface area contributed by atoms with Gasteiger partial charge in [0.15, 0.2) is 5.69 Å². The predicted octanol–water partition coefficient (Wildman–Crippen LogP) is 2.82. The largest absolute Gasteiger partial charge is 0.507 e. The minimum absolute atomic E-state index is 0.0193. The average Bonchev–Trinajstić information content (AvgIpc) is 3.53. The Hall–Kier alpha value is -5.66. The van der Waals surface area contributed by atoms with E-state index in [9.17, 15) is 20.0 Å². The van der Waals surface area contributed by atoms with Crippen LogP contribution in [0.4, 0.5) is 11.5 Å². The van der Waals surface area contributed by atoms with Gasteiger partial charge in [-0.3, -0.25) is 14.9 Å². The third-order valence-corrected chi connectivity index (χ3v) is 5.53. The van der Waals surface area contributed by atoms with Gasteiger partial charge in [0.2, 0.25) is 11.6 Å². The maximum absolute atomic E-state index is 13.1. The van der Waals surface area contributed by atoms with Gasteiger partial charge in [-0.2, -0.15) is 9.78 Å². The van der Waals surface area contributed by atoms with Crippen molar-refractivity contribution in [1.29, 1.82) is 0 Å². The fourth-order valence-electron chi connectivity index (χ4n) is 3.74. The molecule has 37 heavy (non-hydrogen) atoms. The molecule has 0 aliphatic carbocycles. The van der Waals surface area contributed by atoms with E-state index < -0.39 is 10.8 Å². The number of aromatic nitrogens is 5. The zero-order valence-electron chi connectivity index (χ0n) is 19.1. The van der Waals surface area contributed by atoms with E-state index in [1.165, 1.54) is 24.3 Å². The predicted molar refractivity (Wildman–Crippen MR) is 131 cm³/mol. The number of rotatable bonds is 6. The summed E-state index contributed by atoms with van der Waals surface area (Å²) in [5.41, 5.74) is 8.77. The van der Waals surface area contributed by atoms with E-state index in [-0.39, 0.29) is 40.0 Å². The first kappa shape index (κ1) is 23.1. The van der Waals surface area contributed by atoms with E-state index in [0.29, 0.717) is 16.7 Å². The summed E-state index contributed by atoms with van der Waals surface area (Å²) in [7, 11) is 0. The molecule has 0 aliphatic rings. The van der Waals surface area contributed by atoms with Crippen LogP contribution in [0.25, 0.3) is 27.8 Å². The molecular formula is C23H17N9O5. The number of hydrogen-bond acceptors (Lipinski definition) is 11. The van der Waals surface area contributed by atoms with Crippen LogP contribution in [-0.2, 0) is 0 Å². The number of nitro groups is 1. The summed E-state index contributed by atoms with van der Waals surface area (Å²) in [5.74, 6) is -0.953. The third kappa shape index (κ3) is 4.18. The van der Waals surface area contributed by atoms with Crippen molar-refractivity contribution < 1.29 is 19.5 Å². The smallest absolute Gasteiger partial charge is 0.294 e. The highest BCUT2D eigenvalue weighted by molar-refractivity contribution is 6.07. The standard InChI is InChI=1S/C23H17N9O5/c1-12(16-10-9-13-5-2-3-8-17(13)20(16)33)25-27-23(34)18-19(14-6-4-7-15(11-14)32(35)36)31(30-26-18)22-21(24)28-37-29-22/h2-11,33H,1H3,(H2,24,28)(H,27,34)/b25-12-. The second kappa shape index (κ2) is 9.18. The Morgan fingerprint density at radius 3 is 2.73 bits per heavy atom. The van der Waals surface area contributed by atoms with Crippen molar-refractivity contribution in [2.24, 2.45) is 5.10 Å². The van der Waals surface area contributed by atoms with Crippen LogP contribution >= 0.6 is 0 Å². The summed E-state index contributed by atoms with van der Waals surface area (Å²) >= 11 is 0. The number of carbonyl (C=O) groups is 1. The molecule has 3 aromatic carbocycles. The van der Waals surface area contributed by atoms with E-state index in [4.69, 9.17) is 5.73 Å². The number of nitrogens with two attached hydrogens (primary N) is 1. The second-order valence-electron chi connectivity index (χ2n) is 7.80. The molecule has 0 atom stereocenters. The number of aromatic hydroxyl groups is 1. The lowest BCUT2D eigenvalue weighted by Crippen LogP contribution is -2.21. The van der Waals surface area contributed by atoms with Crippen molar-refractivity contribution in [2.75, 3.05) is 5.73 Å². The minimum Gasteiger partial charge on any atom is -0.507 e. The molecular weight excluding hydrogens is 482 g/mol. The number of anilines is 1. The van der Waals surface area contributed by atoms with Crippen LogP contribution in [0.1, 0.15) is 23.0 Å². The lowest BCUT2D eigenvalue weighted by Gasteiger charge is -2.08. The lowest BCUT2D eigenvalue weighted by molar-refractivity contribution is -0.384. The molecule has 0 aliphatic heterocycles. The summed E-state index contributed by atoms with van der Waals surface area (Å²) in [6.07, 6.45) is 0. The molecule has 0 saturated carbocycles. The molecule has 1 amide bonds. The van der Waals surface area contributed by atoms with Crippen LogP contribution in [0.3, 0.4) is 0 Å². The van der Waals surface area contributed by atoms with Gasteiger partial charge in [-0.05, 0) is 28.7 Å². The maximum atomic E-state index is 13.1. The number of non-ortho nitro benzene ring substituents is 1. The van der Waals surface area contributed by atoms with Crippen molar-refractivity contribution in [2.45, 2.75) is 6.92 Å². The van der Waals surface area contributed by atoms with Crippen molar-refractivity contribution in [1.82, 2.24) is 30.7 Å². The van der Waals surface area contributed by atoms with Crippen LogP contribution < -0.4 is 11.2 Å². The molecule has 5 rings (SSSR count). The molecule has 14 nitrogen and oxygen atoms in total. The number of nitrogens with zero attached hydrogens (tertiary/aromatic N) is 7. The van der Waals surface area contributed by atoms with Gasteiger partial charge in [-0.15, -0.1) is 5.10 Å². The van der Waals surface area contributed by atoms with Gasteiger partial charge in [0, 0.05) is 28.6 Å². The van der Waals surface area contributed by atoms with E-state index in [1.807, 2.05) is 18.2 Å². The SMILES string of the molecule is C/C(=N/NC(=O)c1nnn(-c2nonc2N)c1-c1cccc([N+](=O)[O-])c1)c1ccc2ccccc2c1O. The molecule has 14 heteroatoms. The van der Waals surface area contributed by atoms with E-state index >= 15 is 0 Å². The molecule has 0 spiro atoms. The number of carbonyl (C=O) groups excluding carboxylic acids is 1. The van der Waals surface area contributed by atoms with E-state index in [0.717, 1.165) is 10.1 Å². The van der Waals surface area contributed by atoms with Crippen LogP contribution in [0.15, 0.2) is 70.4 Å². The first-order valence-corrected chi connectivity index (χ1v) is 10.7. The minimum atomic E-state index is -0.776. The fraction of sp³-hybridized carbons (Fsp3) is 0.0435. The quantitative estimate of drug-likeness (QED) is 0.177. The summed E-state index contributed by atoms with van der Waals surface area (Å²) in [4.78, 5) is 23.9. The zero-order chi connectivity index (χ0) is 26.1. The number of hydrogen-bond donors (Lipinski definition) is 3. The Morgan fingerprint density at radius 2 is 1.97 bits per heavy atom. The zero-order valence-corrected chi connectivity index (χ0v) is 19.1. The lowest BCUT2D eigenvalue weighted by atomic mass is 10.0. The van der Waals surface area contributed by atoms with Gasteiger partial charge in [0.05, 0.1) is 10.6 Å². The van der Waals surface area contributed by atoms with Gasteiger partial charge in [-0.1, -0.05) is 47.7 Å². The molecule has 2 heterocycles.